The molecule has 0 fully saturated rings. The van der Waals surface area contributed by atoms with E-state index in [4.69, 9.17) is 4.74 Å². The van der Waals surface area contributed by atoms with E-state index in [1.807, 2.05) is 56.3 Å². The zero-order valence-corrected chi connectivity index (χ0v) is 12.0. The van der Waals surface area contributed by atoms with Gasteiger partial charge in [0.05, 0.1) is 11.8 Å². The molecule has 106 valence electrons. The number of pyridine rings is 1. The van der Waals surface area contributed by atoms with Crippen molar-refractivity contribution >= 4 is 0 Å². The van der Waals surface area contributed by atoms with Crippen LogP contribution in [0.5, 0.6) is 5.75 Å². The minimum Gasteiger partial charge on any atom is -0.487 e. The quantitative estimate of drug-likeness (QED) is 0.876. The van der Waals surface area contributed by atoms with Gasteiger partial charge in [0.1, 0.15) is 12.4 Å². The van der Waals surface area contributed by atoms with Crippen molar-refractivity contribution in [2.75, 3.05) is 0 Å². The van der Waals surface area contributed by atoms with Gasteiger partial charge in [-0.1, -0.05) is 18.2 Å². The van der Waals surface area contributed by atoms with E-state index < -0.39 is 0 Å². The van der Waals surface area contributed by atoms with Gasteiger partial charge in [0, 0.05) is 5.69 Å². The lowest BCUT2D eigenvalue weighted by Gasteiger charge is -2.08. The van der Waals surface area contributed by atoms with Crippen molar-refractivity contribution < 1.29 is 9.84 Å². The maximum absolute atomic E-state index is 9.27. The lowest BCUT2D eigenvalue weighted by molar-refractivity contribution is 0.185. The van der Waals surface area contributed by atoms with Crippen LogP contribution in [0.2, 0.25) is 0 Å². The molecular formula is C17H21NO2. The Morgan fingerprint density at radius 3 is 2.55 bits per heavy atom. The average molecular weight is 271 g/mol. The highest BCUT2D eigenvalue weighted by molar-refractivity contribution is 5.27. The summed E-state index contributed by atoms with van der Waals surface area (Å²) in [6.07, 6.45) is 1.42. The van der Waals surface area contributed by atoms with Crippen LogP contribution in [0, 0.1) is 6.92 Å². The van der Waals surface area contributed by atoms with Crippen molar-refractivity contribution in [1.82, 2.24) is 4.98 Å². The first-order chi connectivity index (χ1) is 9.63. The lowest BCUT2D eigenvalue weighted by atomic mass is 10.1. The van der Waals surface area contributed by atoms with Crippen LogP contribution < -0.4 is 4.74 Å². The Labute approximate surface area is 120 Å². The Morgan fingerprint density at radius 1 is 1.15 bits per heavy atom. The molecule has 0 aliphatic rings. The highest BCUT2D eigenvalue weighted by atomic mass is 16.5. The van der Waals surface area contributed by atoms with Gasteiger partial charge in [0.2, 0.25) is 0 Å². The van der Waals surface area contributed by atoms with Crippen LogP contribution in [0.3, 0.4) is 0 Å². The molecule has 0 bridgehead atoms. The Hall–Kier alpha value is -1.87. The molecule has 2 rings (SSSR count). The van der Waals surface area contributed by atoms with Gasteiger partial charge >= 0.3 is 0 Å². The monoisotopic (exact) mass is 271 g/mol. The molecule has 1 unspecified atom stereocenters. The fourth-order valence-electron chi connectivity index (χ4n) is 1.97. The van der Waals surface area contributed by atoms with E-state index in [-0.39, 0.29) is 6.10 Å². The van der Waals surface area contributed by atoms with Gasteiger partial charge in [-0.3, -0.25) is 4.98 Å². The van der Waals surface area contributed by atoms with Crippen LogP contribution in [0.1, 0.15) is 30.3 Å². The summed E-state index contributed by atoms with van der Waals surface area (Å²) in [5.41, 5.74) is 3.15. The van der Waals surface area contributed by atoms with Crippen LogP contribution >= 0.6 is 0 Å². The van der Waals surface area contributed by atoms with Crippen molar-refractivity contribution in [2.45, 2.75) is 39.4 Å². The average Bonchev–Trinajstić information content (AvgIpc) is 2.44. The number of aliphatic hydroxyl groups is 1. The van der Waals surface area contributed by atoms with Gasteiger partial charge in [0.15, 0.2) is 0 Å². The van der Waals surface area contributed by atoms with Crippen LogP contribution in [-0.2, 0) is 13.0 Å². The summed E-state index contributed by atoms with van der Waals surface area (Å²) in [7, 11) is 0. The highest BCUT2D eigenvalue weighted by Gasteiger charge is 2.00. The van der Waals surface area contributed by atoms with Crippen LogP contribution in [0.4, 0.5) is 0 Å². The molecule has 0 spiro atoms. The molecule has 3 heteroatoms. The Kier molecular flexibility index (Phi) is 5.13. The third kappa shape index (κ3) is 4.67. The molecule has 2 aromatic rings. The first-order valence-electron chi connectivity index (χ1n) is 6.96. The molecule has 1 heterocycles. The number of hydrogen-bond donors (Lipinski definition) is 1. The normalized spacial score (nSPS) is 12.2. The van der Waals surface area contributed by atoms with Crippen LogP contribution in [0.25, 0.3) is 0 Å². The Bertz CT molecular complexity index is 535. The SMILES string of the molecule is Cc1cccc(COc2ccc(CCC(C)O)cc2)n1. The fraction of sp³-hybridized carbons (Fsp3) is 0.353. The largest absolute Gasteiger partial charge is 0.487 e. The third-order valence-corrected chi connectivity index (χ3v) is 3.11. The van der Waals surface area contributed by atoms with Crippen LogP contribution in [0.15, 0.2) is 42.5 Å². The molecule has 0 saturated carbocycles. The molecule has 0 aliphatic carbocycles. The topological polar surface area (TPSA) is 42.4 Å². The number of benzene rings is 1. The minimum absolute atomic E-state index is 0.252. The first-order valence-corrected chi connectivity index (χ1v) is 6.96. The summed E-state index contributed by atoms with van der Waals surface area (Å²) in [6.45, 7) is 4.27. The van der Waals surface area contributed by atoms with Crippen molar-refractivity contribution in [3.05, 3.63) is 59.4 Å². The summed E-state index contributed by atoms with van der Waals surface area (Å²) in [6, 6.07) is 13.9. The van der Waals surface area contributed by atoms with E-state index >= 15 is 0 Å². The molecule has 1 aromatic heterocycles. The predicted molar refractivity (Wildman–Crippen MR) is 79.7 cm³/mol. The number of nitrogens with zero attached hydrogens (tertiary/aromatic N) is 1. The summed E-state index contributed by atoms with van der Waals surface area (Å²) in [4.78, 5) is 4.40. The van der Waals surface area contributed by atoms with Gasteiger partial charge in [-0.05, 0) is 56.5 Å². The number of aliphatic hydroxyl groups excluding tert-OH is 1. The predicted octanol–water partition coefficient (Wildman–Crippen LogP) is 3.28. The number of aryl methyl sites for hydroxylation is 2. The highest BCUT2D eigenvalue weighted by Crippen LogP contribution is 2.15. The van der Waals surface area contributed by atoms with Gasteiger partial charge in [-0.2, -0.15) is 0 Å². The van der Waals surface area contributed by atoms with E-state index in [0.717, 1.165) is 30.0 Å². The zero-order valence-electron chi connectivity index (χ0n) is 12.0. The van der Waals surface area contributed by atoms with Gasteiger partial charge in [-0.25, -0.2) is 0 Å². The van der Waals surface area contributed by atoms with E-state index in [0.29, 0.717) is 6.61 Å². The Morgan fingerprint density at radius 2 is 1.90 bits per heavy atom. The molecule has 1 aromatic carbocycles. The number of ether oxygens (including phenoxy) is 1. The maximum atomic E-state index is 9.27. The van der Waals surface area contributed by atoms with Gasteiger partial charge in [-0.15, -0.1) is 0 Å². The summed E-state index contributed by atoms with van der Waals surface area (Å²) >= 11 is 0. The summed E-state index contributed by atoms with van der Waals surface area (Å²) in [5, 5.41) is 9.27. The van der Waals surface area contributed by atoms with E-state index in [9.17, 15) is 5.11 Å². The minimum atomic E-state index is -0.252. The molecule has 20 heavy (non-hydrogen) atoms. The summed E-state index contributed by atoms with van der Waals surface area (Å²) < 4.78 is 5.72. The Balaban J connectivity index is 1.87. The van der Waals surface area contributed by atoms with Crippen LogP contribution in [-0.4, -0.2) is 16.2 Å². The van der Waals surface area contributed by atoms with E-state index in [1.54, 1.807) is 0 Å². The van der Waals surface area contributed by atoms with E-state index in [2.05, 4.69) is 4.98 Å². The standard InChI is InChI=1S/C17H21NO2/c1-13-4-3-5-16(18-13)12-20-17-10-8-15(9-11-17)7-6-14(2)19/h3-5,8-11,14,19H,6-7,12H2,1-2H3. The first kappa shape index (κ1) is 14.5. The third-order valence-electron chi connectivity index (χ3n) is 3.11. The van der Waals surface area contributed by atoms with Crippen molar-refractivity contribution in [2.24, 2.45) is 0 Å². The van der Waals surface area contributed by atoms with Crippen molar-refractivity contribution in [1.29, 1.82) is 0 Å². The number of aromatic nitrogens is 1. The molecule has 0 amide bonds. The molecular weight excluding hydrogens is 250 g/mol. The molecule has 1 atom stereocenters. The summed E-state index contributed by atoms with van der Waals surface area (Å²) in [5.74, 6) is 0.842. The smallest absolute Gasteiger partial charge is 0.130 e. The molecule has 1 N–H and O–H groups in total. The van der Waals surface area contributed by atoms with Crippen molar-refractivity contribution in [3.63, 3.8) is 0 Å². The molecule has 0 radical (unpaired) electrons. The zero-order chi connectivity index (χ0) is 14.4. The fourth-order valence-corrected chi connectivity index (χ4v) is 1.97. The number of rotatable bonds is 6. The van der Waals surface area contributed by atoms with Crippen molar-refractivity contribution in [3.8, 4) is 5.75 Å². The second kappa shape index (κ2) is 7.06. The molecule has 3 nitrogen and oxygen atoms in total. The maximum Gasteiger partial charge on any atom is 0.130 e. The van der Waals surface area contributed by atoms with Gasteiger partial charge in [0.25, 0.3) is 0 Å². The molecule has 0 saturated heterocycles. The number of hydrogen-bond acceptors (Lipinski definition) is 3. The second-order valence-electron chi connectivity index (χ2n) is 5.09. The van der Waals surface area contributed by atoms with E-state index in [1.165, 1.54) is 5.56 Å². The lowest BCUT2D eigenvalue weighted by Crippen LogP contribution is -2.01. The van der Waals surface area contributed by atoms with Gasteiger partial charge < -0.3 is 9.84 Å². The molecule has 0 aliphatic heterocycles. The second-order valence-corrected chi connectivity index (χ2v) is 5.09.